The van der Waals surface area contributed by atoms with Crippen LogP contribution in [-0.2, 0) is 9.53 Å². The molecule has 2 saturated heterocycles. The first-order valence-corrected chi connectivity index (χ1v) is 8.88. The van der Waals surface area contributed by atoms with Crippen molar-refractivity contribution in [2.24, 2.45) is 5.92 Å². The molecule has 0 saturated carbocycles. The van der Waals surface area contributed by atoms with E-state index in [1.165, 1.54) is 38.5 Å². The Kier molecular flexibility index (Phi) is 6.97. The monoisotopic (exact) mass is 296 g/mol. The molecule has 21 heavy (non-hydrogen) atoms. The van der Waals surface area contributed by atoms with E-state index in [0.717, 1.165) is 32.7 Å². The molecule has 2 heterocycles. The van der Waals surface area contributed by atoms with Gasteiger partial charge >= 0.3 is 0 Å². The molecule has 3 unspecified atom stereocenters. The van der Waals surface area contributed by atoms with Gasteiger partial charge in [0.25, 0.3) is 0 Å². The number of nitrogens with one attached hydrogen (secondary N) is 1. The Labute approximate surface area is 129 Å². The van der Waals surface area contributed by atoms with Crippen LogP contribution in [-0.4, -0.2) is 49.2 Å². The summed E-state index contributed by atoms with van der Waals surface area (Å²) in [5.74, 6) is 1.00. The Morgan fingerprint density at radius 2 is 2.05 bits per heavy atom. The number of nitrogens with zero attached hydrogens (tertiary/aromatic N) is 1. The Morgan fingerprint density at radius 3 is 2.71 bits per heavy atom. The quantitative estimate of drug-likeness (QED) is 0.785. The number of ether oxygens (including phenoxy) is 1. The molecule has 0 aromatic carbocycles. The maximum absolute atomic E-state index is 12.4. The van der Waals surface area contributed by atoms with Crippen molar-refractivity contribution in [3.8, 4) is 0 Å². The lowest BCUT2D eigenvalue weighted by Gasteiger charge is -2.33. The molecule has 1 N–H and O–H groups in total. The molecular formula is C17H32N2O2. The van der Waals surface area contributed by atoms with E-state index in [4.69, 9.17) is 4.74 Å². The zero-order chi connectivity index (χ0) is 15.1. The summed E-state index contributed by atoms with van der Waals surface area (Å²) in [4.78, 5) is 14.4. The highest BCUT2D eigenvalue weighted by Crippen LogP contribution is 2.25. The molecular weight excluding hydrogens is 264 g/mol. The average Bonchev–Trinajstić information content (AvgIpc) is 3.02. The predicted octanol–water partition coefficient (Wildman–Crippen LogP) is 2.57. The number of hydrogen-bond acceptors (Lipinski definition) is 3. The molecule has 0 radical (unpaired) electrons. The Balaban J connectivity index is 1.71. The molecule has 2 aliphatic heterocycles. The lowest BCUT2D eigenvalue weighted by molar-refractivity contribution is -0.134. The second-order valence-corrected chi connectivity index (χ2v) is 6.47. The van der Waals surface area contributed by atoms with Gasteiger partial charge in [-0.1, -0.05) is 12.8 Å². The normalized spacial score (nSPS) is 29.5. The van der Waals surface area contributed by atoms with E-state index >= 15 is 0 Å². The third kappa shape index (κ3) is 4.96. The lowest BCUT2D eigenvalue weighted by Crippen LogP contribution is -2.50. The number of amides is 1. The van der Waals surface area contributed by atoms with Crippen molar-refractivity contribution in [3.63, 3.8) is 0 Å². The SMILES string of the molecule is CCN(CC)C(=O)C1CC(CCCC2CCCO2)CCN1. The molecule has 0 spiro atoms. The van der Waals surface area contributed by atoms with Crippen LogP contribution in [0.25, 0.3) is 0 Å². The summed E-state index contributed by atoms with van der Waals surface area (Å²) in [6.45, 7) is 7.70. The molecule has 2 fully saturated rings. The van der Waals surface area contributed by atoms with E-state index in [-0.39, 0.29) is 6.04 Å². The lowest BCUT2D eigenvalue weighted by atomic mass is 9.87. The van der Waals surface area contributed by atoms with Gasteiger partial charge in [0.1, 0.15) is 0 Å². The maximum atomic E-state index is 12.4. The predicted molar refractivity (Wildman–Crippen MR) is 85.3 cm³/mol. The summed E-state index contributed by atoms with van der Waals surface area (Å²) in [5.41, 5.74) is 0. The summed E-state index contributed by atoms with van der Waals surface area (Å²) in [7, 11) is 0. The molecule has 4 nitrogen and oxygen atoms in total. The van der Waals surface area contributed by atoms with Gasteiger partial charge in [0.05, 0.1) is 12.1 Å². The molecule has 0 bridgehead atoms. The van der Waals surface area contributed by atoms with Crippen LogP contribution < -0.4 is 5.32 Å². The number of piperidine rings is 1. The van der Waals surface area contributed by atoms with Crippen molar-refractivity contribution in [2.75, 3.05) is 26.2 Å². The first kappa shape index (κ1) is 16.8. The van der Waals surface area contributed by atoms with E-state index in [2.05, 4.69) is 19.2 Å². The fraction of sp³-hybridized carbons (Fsp3) is 0.941. The number of carbonyl (C=O) groups excluding carboxylic acids is 1. The van der Waals surface area contributed by atoms with E-state index in [0.29, 0.717) is 17.9 Å². The van der Waals surface area contributed by atoms with Crippen LogP contribution in [0.15, 0.2) is 0 Å². The third-order valence-corrected chi connectivity index (χ3v) is 5.05. The molecule has 3 atom stereocenters. The first-order valence-electron chi connectivity index (χ1n) is 8.88. The molecule has 2 rings (SSSR count). The standard InChI is InChI=1S/C17H32N2O2/c1-3-19(4-2)17(20)16-13-14(10-11-18-16)7-5-8-15-9-6-12-21-15/h14-16,18H,3-13H2,1-2H3. The zero-order valence-electron chi connectivity index (χ0n) is 13.8. The molecule has 0 aliphatic carbocycles. The van der Waals surface area contributed by atoms with Crippen molar-refractivity contribution in [1.82, 2.24) is 10.2 Å². The van der Waals surface area contributed by atoms with Crippen LogP contribution in [0.2, 0.25) is 0 Å². The van der Waals surface area contributed by atoms with E-state index < -0.39 is 0 Å². The van der Waals surface area contributed by atoms with E-state index in [9.17, 15) is 4.79 Å². The maximum Gasteiger partial charge on any atom is 0.239 e. The summed E-state index contributed by atoms with van der Waals surface area (Å²) in [6.07, 6.45) is 8.94. The fourth-order valence-corrected chi connectivity index (χ4v) is 3.71. The van der Waals surface area contributed by atoms with Crippen LogP contribution in [0.1, 0.15) is 58.8 Å². The van der Waals surface area contributed by atoms with Gasteiger partial charge < -0.3 is 15.0 Å². The van der Waals surface area contributed by atoms with Gasteiger partial charge in [0, 0.05) is 19.7 Å². The Hall–Kier alpha value is -0.610. The van der Waals surface area contributed by atoms with Gasteiger partial charge in [-0.15, -0.1) is 0 Å². The summed E-state index contributed by atoms with van der Waals surface area (Å²) in [5, 5.41) is 3.41. The van der Waals surface area contributed by atoms with Gasteiger partial charge in [0.15, 0.2) is 0 Å². The molecule has 122 valence electrons. The van der Waals surface area contributed by atoms with Crippen LogP contribution in [0.5, 0.6) is 0 Å². The summed E-state index contributed by atoms with van der Waals surface area (Å²) in [6, 6.07) is 0.0476. The molecule has 0 aromatic heterocycles. The number of rotatable bonds is 7. The molecule has 4 heteroatoms. The van der Waals surface area contributed by atoms with Gasteiger partial charge in [-0.2, -0.15) is 0 Å². The smallest absolute Gasteiger partial charge is 0.239 e. The number of hydrogen-bond donors (Lipinski definition) is 1. The largest absolute Gasteiger partial charge is 0.378 e. The van der Waals surface area contributed by atoms with E-state index in [1.54, 1.807) is 0 Å². The minimum Gasteiger partial charge on any atom is -0.378 e. The second-order valence-electron chi connectivity index (χ2n) is 6.47. The highest BCUT2D eigenvalue weighted by molar-refractivity contribution is 5.82. The number of carbonyl (C=O) groups is 1. The summed E-state index contributed by atoms with van der Waals surface area (Å²) >= 11 is 0. The Bertz CT molecular complexity index is 312. The van der Waals surface area contributed by atoms with Crippen LogP contribution in [0.4, 0.5) is 0 Å². The van der Waals surface area contributed by atoms with Gasteiger partial charge in [-0.3, -0.25) is 4.79 Å². The van der Waals surface area contributed by atoms with E-state index in [1.807, 2.05) is 4.90 Å². The first-order chi connectivity index (χ1) is 10.2. The van der Waals surface area contributed by atoms with Crippen molar-refractivity contribution in [1.29, 1.82) is 0 Å². The van der Waals surface area contributed by atoms with Gasteiger partial charge in [0.2, 0.25) is 5.91 Å². The molecule has 0 aromatic rings. The molecule has 2 aliphatic rings. The highest BCUT2D eigenvalue weighted by Gasteiger charge is 2.29. The highest BCUT2D eigenvalue weighted by atomic mass is 16.5. The topological polar surface area (TPSA) is 41.6 Å². The number of likely N-dealkylation sites (N-methyl/N-ethyl adjacent to an activating group) is 1. The summed E-state index contributed by atoms with van der Waals surface area (Å²) < 4.78 is 5.69. The van der Waals surface area contributed by atoms with Crippen molar-refractivity contribution >= 4 is 5.91 Å². The zero-order valence-corrected chi connectivity index (χ0v) is 13.8. The van der Waals surface area contributed by atoms with Crippen LogP contribution in [0.3, 0.4) is 0 Å². The minimum atomic E-state index is 0.0476. The fourth-order valence-electron chi connectivity index (χ4n) is 3.71. The van der Waals surface area contributed by atoms with Crippen molar-refractivity contribution < 1.29 is 9.53 Å². The van der Waals surface area contributed by atoms with Gasteiger partial charge in [-0.25, -0.2) is 0 Å². The van der Waals surface area contributed by atoms with Gasteiger partial charge in [-0.05, 0) is 58.4 Å². The average molecular weight is 296 g/mol. The third-order valence-electron chi connectivity index (χ3n) is 5.05. The Morgan fingerprint density at radius 1 is 1.24 bits per heavy atom. The second kappa shape index (κ2) is 8.74. The van der Waals surface area contributed by atoms with Crippen molar-refractivity contribution in [2.45, 2.75) is 70.9 Å². The van der Waals surface area contributed by atoms with Crippen LogP contribution >= 0.6 is 0 Å². The molecule has 1 amide bonds. The van der Waals surface area contributed by atoms with Crippen molar-refractivity contribution in [3.05, 3.63) is 0 Å². The minimum absolute atomic E-state index is 0.0476. The van der Waals surface area contributed by atoms with Crippen LogP contribution in [0, 0.1) is 5.92 Å².